The van der Waals surface area contributed by atoms with Gasteiger partial charge in [-0.2, -0.15) is 0 Å². The predicted molar refractivity (Wildman–Crippen MR) is 74.8 cm³/mol. The standard InChI is InChI=1S/C13H10Cl2N2O2/c14-8-3-7-10(4-9(8)15)17-11-5(12(7)18)1-2-6(11)13(16)19/h3-4,6H,1-2H2,(H2,16,19)(H,17,18)/t6-/m1/s1. The van der Waals surface area contributed by atoms with Gasteiger partial charge in [0.2, 0.25) is 5.91 Å². The number of pyridine rings is 1. The van der Waals surface area contributed by atoms with Crippen molar-refractivity contribution >= 4 is 40.0 Å². The Kier molecular flexibility index (Phi) is 2.80. The van der Waals surface area contributed by atoms with Crippen LogP contribution in [0.2, 0.25) is 10.0 Å². The Morgan fingerprint density at radius 3 is 2.68 bits per heavy atom. The molecule has 0 spiro atoms. The van der Waals surface area contributed by atoms with E-state index in [4.69, 9.17) is 28.9 Å². The average Bonchev–Trinajstić information content (AvgIpc) is 2.76. The first-order valence-corrected chi connectivity index (χ1v) is 6.57. The number of amides is 1. The van der Waals surface area contributed by atoms with Crippen LogP contribution in [0.25, 0.3) is 10.9 Å². The van der Waals surface area contributed by atoms with Gasteiger partial charge in [0.25, 0.3) is 0 Å². The minimum atomic E-state index is -0.429. The Balaban J connectivity index is 2.36. The molecule has 1 aromatic heterocycles. The molecule has 3 rings (SSSR count). The Bertz CT molecular complexity index is 767. The molecule has 2 aromatic rings. The highest BCUT2D eigenvalue weighted by molar-refractivity contribution is 6.42. The molecule has 1 atom stereocenters. The third-order valence-corrected chi connectivity index (χ3v) is 4.27. The van der Waals surface area contributed by atoms with Crippen molar-refractivity contribution in [2.24, 2.45) is 5.73 Å². The Hall–Kier alpha value is -1.52. The monoisotopic (exact) mass is 296 g/mol. The normalized spacial score (nSPS) is 17.7. The first-order valence-electron chi connectivity index (χ1n) is 5.82. The SMILES string of the molecule is NC(=O)[C@@H]1CCc2c1[nH]c1cc(Cl)c(Cl)cc1c2=O. The maximum Gasteiger partial charge on any atom is 0.226 e. The van der Waals surface area contributed by atoms with Crippen molar-refractivity contribution in [2.75, 3.05) is 0 Å². The molecule has 0 fully saturated rings. The molecule has 19 heavy (non-hydrogen) atoms. The smallest absolute Gasteiger partial charge is 0.226 e. The number of carbonyl (C=O) groups is 1. The summed E-state index contributed by atoms with van der Waals surface area (Å²) >= 11 is 11.9. The lowest BCUT2D eigenvalue weighted by molar-refractivity contribution is -0.119. The summed E-state index contributed by atoms with van der Waals surface area (Å²) in [5.74, 6) is -0.852. The fraction of sp³-hybridized carbons (Fsp3) is 0.231. The van der Waals surface area contributed by atoms with E-state index in [-0.39, 0.29) is 5.43 Å². The highest BCUT2D eigenvalue weighted by Crippen LogP contribution is 2.32. The fourth-order valence-electron chi connectivity index (χ4n) is 2.61. The minimum Gasteiger partial charge on any atom is -0.369 e. The van der Waals surface area contributed by atoms with Gasteiger partial charge in [0.05, 0.1) is 21.5 Å². The van der Waals surface area contributed by atoms with Crippen LogP contribution in [0.15, 0.2) is 16.9 Å². The quantitative estimate of drug-likeness (QED) is 0.847. The molecule has 6 heteroatoms. The molecule has 0 saturated carbocycles. The Morgan fingerprint density at radius 1 is 1.32 bits per heavy atom. The third-order valence-electron chi connectivity index (χ3n) is 3.55. The van der Waals surface area contributed by atoms with Crippen molar-refractivity contribution in [3.05, 3.63) is 43.7 Å². The highest BCUT2D eigenvalue weighted by Gasteiger charge is 2.30. The molecule has 1 aromatic carbocycles. The molecule has 0 radical (unpaired) electrons. The van der Waals surface area contributed by atoms with E-state index in [0.717, 1.165) is 0 Å². The van der Waals surface area contributed by atoms with E-state index in [1.165, 1.54) is 0 Å². The number of halogens is 2. The number of rotatable bonds is 1. The maximum atomic E-state index is 12.4. The van der Waals surface area contributed by atoms with Crippen LogP contribution in [0, 0.1) is 0 Å². The van der Waals surface area contributed by atoms with Crippen molar-refractivity contribution in [1.29, 1.82) is 0 Å². The van der Waals surface area contributed by atoms with Crippen LogP contribution >= 0.6 is 23.2 Å². The zero-order valence-corrected chi connectivity index (χ0v) is 11.3. The lowest BCUT2D eigenvalue weighted by Crippen LogP contribution is -2.21. The lowest BCUT2D eigenvalue weighted by atomic mass is 10.1. The topological polar surface area (TPSA) is 76.0 Å². The molecule has 0 bridgehead atoms. The number of primary amides is 1. The van der Waals surface area contributed by atoms with Gasteiger partial charge in [-0.05, 0) is 25.0 Å². The van der Waals surface area contributed by atoms with Crippen LogP contribution in [0.1, 0.15) is 23.6 Å². The summed E-state index contributed by atoms with van der Waals surface area (Å²) in [5.41, 5.74) is 7.06. The molecule has 0 saturated heterocycles. The van der Waals surface area contributed by atoms with E-state index < -0.39 is 11.8 Å². The van der Waals surface area contributed by atoms with Gasteiger partial charge >= 0.3 is 0 Å². The van der Waals surface area contributed by atoms with Crippen molar-refractivity contribution < 1.29 is 4.79 Å². The molecule has 1 amide bonds. The zero-order valence-electron chi connectivity index (χ0n) is 9.80. The Morgan fingerprint density at radius 2 is 2.00 bits per heavy atom. The predicted octanol–water partition coefficient (Wildman–Crippen LogP) is 2.35. The minimum absolute atomic E-state index is 0.105. The molecule has 3 N–H and O–H groups in total. The molecule has 0 unspecified atom stereocenters. The van der Waals surface area contributed by atoms with Crippen LogP contribution in [0.5, 0.6) is 0 Å². The van der Waals surface area contributed by atoms with Crippen molar-refractivity contribution in [3.8, 4) is 0 Å². The summed E-state index contributed by atoms with van der Waals surface area (Å²) in [6.07, 6.45) is 1.11. The molecule has 4 nitrogen and oxygen atoms in total. The molecule has 1 heterocycles. The summed E-state index contributed by atoms with van der Waals surface area (Å²) in [7, 11) is 0. The first-order chi connectivity index (χ1) is 8.99. The van der Waals surface area contributed by atoms with Gasteiger partial charge in [0, 0.05) is 16.6 Å². The van der Waals surface area contributed by atoms with Crippen LogP contribution in [-0.4, -0.2) is 10.9 Å². The van der Waals surface area contributed by atoms with Gasteiger partial charge in [0.15, 0.2) is 5.43 Å². The Labute approximate surface area is 118 Å². The lowest BCUT2D eigenvalue weighted by Gasteiger charge is -2.09. The van der Waals surface area contributed by atoms with Crippen LogP contribution in [-0.2, 0) is 11.2 Å². The van der Waals surface area contributed by atoms with Crippen molar-refractivity contribution in [1.82, 2.24) is 4.98 Å². The maximum absolute atomic E-state index is 12.4. The molecular formula is C13H10Cl2N2O2. The third kappa shape index (κ3) is 1.83. The van der Waals surface area contributed by atoms with Gasteiger partial charge in [-0.25, -0.2) is 0 Å². The number of benzene rings is 1. The summed E-state index contributed by atoms with van der Waals surface area (Å²) in [5, 5.41) is 1.18. The van der Waals surface area contributed by atoms with Gasteiger partial charge in [-0.1, -0.05) is 23.2 Å². The second kappa shape index (κ2) is 4.25. The van der Waals surface area contributed by atoms with Crippen LogP contribution in [0.4, 0.5) is 0 Å². The van der Waals surface area contributed by atoms with Crippen LogP contribution < -0.4 is 11.2 Å². The average molecular weight is 297 g/mol. The summed E-state index contributed by atoms with van der Waals surface area (Å²) in [4.78, 5) is 26.9. The second-order valence-corrected chi connectivity index (χ2v) is 5.47. The number of nitrogens with two attached hydrogens (primary N) is 1. The number of fused-ring (bicyclic) bond motifs is 2. The van der Waals surface area contributed by atoms with E-state index in [1.807, 2.05) is 0 Å². The van der Waals surface area contributed by atoms with Crippen LogP contribution in [0.3, 0.4) is 0 Å². The van der Waals surface area contributed by atoms with E-state index >= 15 is 0 Å². The number of H-pyrrole nitrogens is 1. The van der Waals surface area contributed by atoms with E-state index in [2.05, 4.69) is 4.98 Å². The fourth-order valence-corrected chi connectivity index (χ4v) is 2.93. The highest BCUT2D eigenvalue weighted by atomic mass is 35.5. The van der Waals surface area contributed by atoms with E-state index in [0.29, 0.717) is 45.0 Å². The summed E-state index contributed by atoms with van der Waals surface area (Å²) < 4.78 is 0. The van der Waals surface area contributed by atoms with Crippen molar-refractivity contribution in [3.63, 3.8) is 0 Å². The summed E-state index contributed by atoms with van der Waals surface area (Å²) in [6.45, 7) is 0. The number of hydrogen-bond donors (Lipinski definition) is 2. The van der Waals surface area contributed by atoms with E-state index in [9.17, 15) is 9.59 Å². The van der Waals surface area contributed by atoms with Crippen molar-refractivity contribution in [2.45, 2.75) is 18.8 Å². The number of aromatic nitrogens is 1. The second-order valence-electron chi connectivity index (χ2n) is 4.65. The number of aromatic amines is 1. The van der Waals surface area contributed by atoms with E-state index in [1.54, 1.807) is 12.1 Å². The van der Waals surface area contributed by atoms with Gasteiger partial charge < -0.3 is 10.7 Å². The first kappa shape index (κ1) is 12.5. The van der Waals surface area contributed by atoms with Gasteiger partial charge in [0.1, 0.15) is 0 Å². The molecule has 1 aliphatic rings. The number of carbonyl (C=O) groups excluding carboxylic acids is 1. The molecular weight excluding hydrogens is 287 g/mol. The summed E-state index contributed by atoms with van der Waals surface area (Å²) in [6, 6.07) is 3.15. The zero-order chi connectivity index (χ0) is 13.7. The van der Waals surface area contributed by atoms with Gasteiger partial charge in [-0.15, -0.1) is 0 Å². The largest absolute Gasteiger partial charge is 0.369 e. The van der Waals surface area contributed by atoms with Gasteiger partial charge in [-0.3, -0.25) is 9.59 Å². The molecule has 98 valence electrons. The molecule has 0 aliphatic heterocycles. The number of nitrogens with one attached hydrogen (secondary N) is 1. The molecule has 1 aliphatic carbocycles. The number of hydrogen-bond acceptors (Lipinski definition) is 2.